The maximum Gasteiger partial charge on any atom is 0.242 e. The number of aromatic nitrogens is 2. The molecule has 0 bridgehead atoms. The Kier molecular flexibility index (Phi) is 3.03. The van der Waals surface area contributed by atoms with Gasteiger partial charge < -0.3 is 4.57 Å². The summed E-state index contributed by atoms with van der Waals surface area (Å²) in [5.41, 5.74) is 5.10. The number of rotatable bonds is 3. The molecule has 0 radical (unpaired) electrons. The fraction of sp³-hybridized carbons (Fsp3) is 0.167. The van der Waals surface area contributed by atoms with Gasteiger partial charge in [0.2, 0.25) is 6.43 Å². The van der Waals surface area contributed by atoms with E-state index in [1.807, 2.05) is 36.5 Å². The van der Waals surface area contributed by atoms with Crippen LogP contribution >= 0.6 is 0 Å². The molecule has 1 unspecified atom stereocenters. The molecule has 4 heteroatoms. The third kappa shape index (κ3) is 2.03. The van der Waals surface area contributed by atoms with E-state index in [0.717, 1.165) is 16.8 Å². The second kappa shape index (κ2) is 5.05. The number of halogens is 2. The highest BCUT2D eigenvalue weighted by Crippen LogP contribution is 2.42. The molecule has 0 spiro atoms. The largest absolute Gasteiger partial charge is 0.319 e. The quantitative estimate of drug-likeness (QED) is 0.551. The zero-order valence-corrected chi connectivity index (χ0v) is 11.8. The Morgan fingerprint density at radius 1 is 1.09 bits per heavy atom. The SMILES string of the molecule is FC(F)Cc1cccc(C2c3ccccc3-c3cncn32)c1. The Labute approximate surface area is 127 Å². The van der Waals surface area contributed by atoms with Crippen LogP contribution in [-0.2, 0) is 6.42 Å². The van der Waals surface area contributed by atoms with Crippen molar-refractivity contribution in [2.24, 2.45) is 0 Å². The number of fused-ring (bicyclic) bond motifs is 3. The fourth-order valence-corrected chi connectivity index (χ4v) is 3.25. The molecular weight excluding hydrogens is 282 g/mol. The Morgan fingerprint density at radius 3 is 2.82 bits per heavy atom. The van der Waals surface area contributed by atoms with Crippen molar-refractivity contribution in [1.29, 1.82) is 0 Å². The minimum absolute atomic E-state index is 0.00585. The van der Waals surface area contributed by atoms with Gasteiger partial charge in [0, 0.05) is 12.0 Å². The summed E-state index contributed by atoms with van der Waals surface area (Å²) in [7, 11) is 0. The van der Waals surface area contributed by atoms with E-state index in [1.165, 1.54) is 5.56 Å². The first-order valence-electron chi connectivity index (χ1n) is 7.22. The molecule has 1 atom stereocenters. The van der Waals surface area contributed by atoms with Gasteiger partial charge in [-0.2, -0.15) is 0 Å². The van der Waals surface area contributed by atoms with Gasteiger partial charge in [-0.3, -0.25) is 0 Å². The zero-order valence-electron chi connectivity index (χ0n) is 11.8. The number of hydrogen-bond donors (Lipinski definition) is 0. The number of hydrogen-bond acceptors (Lipinski definition) is 1. The number of benzene rings is 2. The smallest absolute Gasteiger partial charge is 0.242 e. The third-order valence-corrected chi connectivity index (χ3v) is 4.13. The van der Waals surface area contributed by atoms with Gasteiger partial charge >= 0.3 is 0 Å². The van der Waals surface area contributed by atoms with E-state index in [4.69, 9.17) is 0 Å². The maximum absolute atomic E-state index is 12.6. The first kappa shape index (κ1) is 13.2. The van der Waals surface area contributed by atoms with Crippen LogP contribution in [0.25, 0.3) is 11.3 Å². The highest BCUT2D eigenvalue weighted by molar-refractivity contribution is 5.70. The Bertz CT molecular complexity index is 823. The van der Waals surface area contributed by atoms with Crippen molar-refractivity contribution < 1.29 is 8.78 Å². The summed E-state index contributed by atoms with van der Waals surface area (Å²) in [5.74, 6) is 0. The fourth-order valence-electron chi connectivity index (χ4n) is 3.25. The van der Waals surface area contributed by atoms with Crippen LogP contribution in [0.4, 0.5) is 8.78 Å². The molecular formula is C18H14F2N2. The molecule has 1 aliphatic heterocycles. The summed E-state index contributed by atoms with van der Waals surface area (Å²) in [4.78, 5) is 4.23. The lowest BCUT2D eigenvalue weighted by Gasteiger charge is -2.16. The van der Waals surface area contributed by atoms with Gasteiger partial charge in [0.15, 0.2) is 0 Å². The lowest BCUT2D eigenvalue weighted by molar-refractivity contribution is 0.149. The molecule has 2 aromatic carbocycles. The van der Waals surface area contributed by atoms with Gasteiger partial charge in [0.1, 0.15) is 0 Å². The van der Waals surface area contributed by atoms with E-state index in [0.29, 0.717) is 5.56 Å². The minimum atomic E-state index is -2.32. The lowest BCUT2D eigenvalue weighted by atomic mass is 9.95. The van der Waals surface area contributed by atoms with Gasteiger partial charge in [-0.1, -0.05) is 48.5 Å². The second-order valence-corrected chi connectivity index (χ2v) is 5.52. The van der Waals surface area contributed by atoms with E-state index < -0.39 is 6.43 Å². The van der Waals surface area contributed by atoms with Crippen LogP contribution in [0.15, 0.2) is 61.1 Å². The van der Waals surface area contributed by atoms with Crippen molar-refractivity contribution in [3.63, 3.8) is 0 Å². The topological polar surface area (TPSA) is 17.8 Å². The van der Waals surface area contributed by atoms with Crippen LogP contribution in [0.2, 0.25) is 0 Å². The monoisotopic (exact) mass is 296 g/mol. The van der Waals surface area contributed by atoms with Crippen LogP contribution in [0.5, 0.6) is 0 Å². The number of imidazole rings is 1. The lowest BCUT2D eigenvalue weighted by Crippen LogP contribution is -2.07. The van der Waals surface area contributed by atoms with E-state index in [1.54, 1.807) is 12.4 Å². The van der Waals surface area contributed by atoms with Gasteiger partial charge in [-0.05, 0) is 16.7 Å². The van der Waals surface area contributed by atoms with Crippen LogP contribution in [0.1, 0.15) is 22.7 Å². The predicted molar refractivity (Wildman–Crippen MR) is 81.1 cm³/mol. The van der Waals surface area contributed by atoms with Crippen molar-refractivity contribution in [3.8, 4) is 11.3 Å². The van der Waals surface area contributed by atoms with Crippen molar-refractivity contribution in [2.75, 3.05) is 0 Å². The third-order valence-electron chi connectivity index (χ3n) is 4.13. The zero-order chi connectivity index (χ0) is 15.1. The molecule has 0 aliphatic carbocycles. The van der Waals surface area contributed by atoms with Gasteiger partial charge in [-0.15, -0.1) is 0 Å². The van der Waals surface area contributed by atoms with E-state index in [-0.39, 0.29) is 12.5 Å². The Morgan fingerprint density at radius 2 is 1.95 bits per heavy atom. The van der Waals surface area contributed by atoms with Gasteiger partial charge in [0.05, 0.1) is 24.3 Å². The Balaban J connectivity index is 1.83. The molecule has 1 aliphatic rings. The molecule has 4 rings (SSSR count). The van der Waals surface area contributed by atoms with Gasteiger partial charge in [-0.25, -0.2) is 13.8 Å². The standard InChI is InChI=1S/C18H14F2N2/c19-17(20)9-12-4-3-5-13(8-12)18-15-7-2-1-6-14(15)16-10-21-11-22(16)18/h1-8,10-11,17-18H,9H2. The van der Waals surface area contributed by atoms with Crippen molar-refractivity contribution >= 4 is 0 Å². The van der Waals surface area contributed by atoms with Crippen molar-refractivity contribution in [1.82, 2.24) is 9.55 Å². The summed E-state index contributed by atoms with van der Waals surface area (Å²) < 4.78 is 27.4. The van der Waals surface area contributed by atoms with Crippen LogP contribution in [0, 0.1) is 0 Å². The van der Waals surface area contributed by atoms with E-state index in [2.05, 4.69) is 21.7 Å². The summed E-state index contributed by atoms with van der Waals surface area (Å²) in [6.07, 6.45) is 1.12. The molecule has 2 nitrogen and oxygen atoms in total. The van der Waals surface area contributed by atoms with E-state index in [9.17, 15) is 8.78 Å². The molecule has 2 heterocycles. The summed E-state index contributed by atoms with van der Waals surface area (Å²) in [6, 6.07) is 15.7. The summed E-state index contributed by atoms with van der Waals surface area (Å²) in [6.45, 7) is 0. The van der Waals surface area contributed by atoms with Crippen LogP contribution in [0.3, 0.4) is 0 Å². The Hall–Kier alpha value is -2.49. The van der Waals surface area contributed by atoms with Gasteiger partial charge in [0.25, 0.3) is 0 Å². The molecule has 0 amide bonds. The average molecular weight is 296 g/mol. The predicted octanol–water partition coefficient (Wildman–Crippen LogP) is 4.31. The molecule has 110 valence electrons. The maximum atomic E-state index is 12.6. The molecule has 0 saturated heterocycles. The first-order valence-corrected chi connectivity index (χ1v) is 7.22. The molecule has 0 saturated carbocycles. The molecule has 3 aromatic rings. The second-order valence-electron chi connectivity index (χ2n) is 5.52. The molecule has 0 fully saturated rings. The molecule has 1 aromatic heterocycles. The van der Waals surface area contributed by atoms with Crippen LogP contribution < -0.4 is 0 Å². The highest BCUT2D eigenvalue weighted by atomic mass is 19.3. The average Bonchev–Trinajstić information content (AvgIpc) is 3.07. The summed E-state index contributed by atoms with van der Waals surface area (Å²) >= 11 is 0. The molecule has 22 heavy (non-hydrogen) atoms. The molecule has 0 N–H and O–H groups in total. The van der Waals surface area contributed by atoms with Crippen LogP contribution in [-0.4, -0.2) is 16.0 Å². The summed E-state index contributed by atoms with van der Waals surface area (Å²) in [5, 5.41) is 0. The normalized spacial score (nSPS) is 15.9. The van der Waals surface area contributed by atoms with E-state index >= 15 is 0 Å². The van der Waals surface area contributed by atoms with Crippen molar-refractivity contribution in [3.05, 3.63) is 77.7 Å². The van der Waals surface area contributed by atoms with Crippen molar-refractivity contribution in [2.45, 2.75) is 18.9 Å². The highest BCUT2D eigenvalue weighted by Gasteiger charge is 2.29. The number of nitrogens with zero attached hydrogens (tertiary/aromatic N) is 2. The number of alkyl halides is 2. The minimum Gasteiger partial charge on any atom is -0.319 e. The first-order chi connectivity index (χ1) is 10.7.